The lowest BCUT2D eigenvalue weighted by atomic mass is 9.34. The van der Waals surface area contributed by atoms with E-state index in [1.165, 1.54) is 0 Å². The molecule has 0 radical (unpaired) electrons. The Balaban J connectivity index is 1.42. The van der Waals surface area contributed by atoms with Crippen LogP contribution in [0, 0.1) is 61.6 Å². The van der Waals surface area contributed by atoms with Crippen LogP contribution in [0.15, 0.2) is 23.3 Å². The minimum atomic E-state index is -0.644. The average Bonchev–Trinajstić information content (AvgIpc) is 3.46. The number of nitrogens with zero attached hydrogens (tertiary/aromatic N) is 2. The number of likely N-dealkylation sites (tertiary alicyclic amines) is 1. The number of fused-ring (bicyclic) bond motifs is 7. The van der Waals surface area contributed by atoms with Gasteiger partial charge in [0.2, 0.25) is 5.91 Å². The lowest BCUT2D eigenvalue weighted by Crippen LogP contribution is -2.64. The van der Waals surface area contributed by atoms with Gasteiger partial charge in [-0.1, -0.05) is 60.1 Å². The van der Waals surface area contributed by atoms with Crippen molar-refractivity contribution >= 4 is 17.5 Å². The van der Waals surface area contributed by atoms with E-state index >= 15 is 0 Å². The van der Waals surface area contributed by atoms with Gasteiger partial charge in [0.1, 0.15) is 6.07 Å². The second-order valence-electron chi connectivity index (χ2n) is 17.2. The van der Waals surface area contributed by atoms with Crippen LogP contribution in [0.2, 0.25) is 0 Å². The van der Waals surface area contributed by atoms with Crippen LogP contribution in [0.3, 0.4) is 0 Å². The molecule has 6 rings (SSSR count). The lowest BCUT2D eigenvalue weighted by Gasteiger charge is -2.69. The third kappa shape index (κ3) is 3.95. The predicted molar refractivity (Wildman–Crippen MR) is 164 cm³/mol. The summed E-state index contributed by atoms with van der Waals surface area (Å²) in [6, 6.07) is 2.22. The minimum absolute atomic E-state index is 0.0423. The van der Waals surface area contributed by atoms with Crippen molar-refractivity contribution in [1.82, 2.24) is 4.90 Å². The highest BCUT2D eigenvalue weighted by Gasteiger charge is 2.69. The van der Waals surface area contributed by atoms with Crippen LogP contribution in [-0.4, -0.2) is 35.5 Å². The van der Waals surface area contributed by atoms with Crippen molar-refractivity contribution < 1.29 is 14.4 Å². The molecule has 7 unspecified atom stereocenters. The van der Waals surface area contributed by atoms with E-state index in [9.17, 15) is 19.6 Å². The third-order valence-electron chi connectivity index (χ3n) is 14.3. The third-order valence-corrected chi connectivity index (χ3v) is 14.3. The molecule has 0 bridgehead atoms. The summed E-state index contributed by atoms with van der Waals surface area (Å²) in [6.45, 7) is 17.6. The maximum Gasteiger partial charge on any atom is 0.222 e. The highest BCUT2D eigenvalue weighted by molar-refractivity contribution is 6.04. The Kier molecular flexibility index (Phi) is 6.67. The fourth-order valence-electron chi connectivity index (χ4n) is 11.7. The number of hydrogen-bond acceptors (Lipinski definition) is 4. The van der Waals surface area contributed by atoms with Gasteiger partial charge in [0.05, 0.1) is 5.57 Å². The van der Waals surface area contributed by atoms with Gasteiger partial charge < -0.3 is 4.90 Å². The van der Waals surface area contributed by atoms with E-state index in [0.29, 0.717) is 12.3 Å². The molecule has 1 saturated heterocycles. The molecule has 7 atom stereocenters. The quantitative estimate of drug-likeness (QED) is 0.349. The number of hydrogen-bond donors (Lipinski definition) is 0. The molecule has 0 aromatic heterocycles. The van der Waals surface area contributed by atoms with Crippen molar-refractivity contribution in [2.75, 3.05) is 13.1 Å². The molecule has 5 nitrogen and oxygen atoms in total. The molecule has 6 aliphatic rings. The normalized spacial score (nSPS) is 43.7. The van der Waals surface area contributed by atoms with Gasteiger partial charge in [-0.25, -0.2) is 0 Å². The van der Waals surface area contributed by atoms with Crippen molar-refractivity contribution in [3.8, 4) is 6.07 Å². The zero-order chi connectivity index (χ0) is 30.5. The second kappa shape index (κ2) is 9.39. The zero-order valence-corrected chi connectivity index (χ0v) is 27.2. The Labute approximate surface area is 253 Å². The lowest BCUT2D eigenvalue weighted by molar-refractivity contribution is -0.173. The Morgan fingerprint density at radius 3 is 2.31 bits per heavy atom. The van der Waals surface area contributed by atoms with E-state index in [1.807, 2.05) is 26.0 Å². The van der Waals surface area contributed by atoms with Gasteiger partial charge in [-0.15, -0.1) is 0 Å². The smallest absolute Gasteiger partial charge is 0.222 e. The van der Waals surface area contributed by atoms with Crippen molar-refractivity contribution in [3.05, 3.63) is 23.3 Å². The van der Waals surface area contributed by atoms with Crippen molar-refractivity contribution in [3.63, 3.8) is 0 Å². The molecule has 3 saturated carbocycles. The summed E-state index contributed by atoms with van der Waals surface area (Å²) in [6.07, 6.45) is 14.9. The van der Waals surface area contributed by atoms with Crippen molar-refractivity contribution in [1.29, 1.82) is 5.26 Å². The molecule has 0 aromatic carbocycles. The fourth-order valence-corrected chi connectivity index (χ4v) is 11.7. The molecular formula is C37H52N2O3. The maximum atomic E-state index is 14.7. The van der Waals surface area contributed by atoms with Crippen LogP contribution in [-0.2, 0) is 14.4 Å². The molecule has 0 aromatic rings. The summed E-state index contributed by atoms with van der Waals surface area (Å²) in [5, 5.41) is 9.96. The number of carbonyl (C=O) groups is 3. The van der Waals surface area contributed by atoms with E-state index in [2.05, 4.69) is 45.6 Å². The van der Waals surface area contributed by atoms with Gasteiger partial charge in [0.25, 0.3) is 0 Å². The highest BCUT2D eigenvalue weighted by Crippen LogP contribution is 2.75. The largest absolute Gasteiger partial charge is 0.343 e. The summed E-state index contributed by atoms with van der Waals surface area (Å²) in [5.41, 5.74) is 0.103. The monoisotopic (exact) mass is 572 g/mol. The molecule has 4 fully saturated rings. The molecule has 228 valence electrons. The number of nitriles is 1. The van der Waals surface area contributed by atoms with E-state index in [1.54, 1.807) is 0 Å². The number of rotatable bonds is 3. The fraction of sp³-hybridized carbons (Fsp3) is 0.784. The predicted octanol–water partition coefficient (Wildman–Crippen LogP) is 7.61. The topological polar surface area (TPSA) is 78.2 Å². The van der Waals surface area contributed by atoms with Crippen LogP contribution in [0.5, 0.6) is 0 Å². The van der Waals surface area contributed by atoms with E-state index < -0.39 is 10.8 Å². The summed E-state index contributed by atoms with van der Waals surface area (Å²) in [5.74, 6) is 0.788. The van der Waals surface area contributed by atoms with E-state index in [-0.39, 0.29) is 56.6 Å². The Hall–Kier alpha value is -2.22. The first kappa shape index (κ1) is 29.8. The molecule has 1 heterocycles. The number of allylic oxidation sites excluding steroid dienone is 4. The van der Waals surface area contributed by atoms with Crippen molar-refractivity contribution in [2.45, 2.75) is 119 Å². The molecule has 5 aliphatic carbocycles. The Bertz CT molecular complexity index is 1320. The second-order valence-corrected chi connectivity index (χ2v) is 17.2. The SMILES string of the molecule is CC1(C)CCC2(CCC(=O)N3CCCC3)CCC3(C)C(C(=O)C=C4C5(C)C=C(C#N)C(=O)C(C)(C)C5CCC43C)C2C1. The van der Waals surface area contributed by atoms with Crippen LogP contribution in [0.4, 0.5) is 0 Å². The van der Waals surface area contributed by atoms with Crippen LogP contribution in [0.25, 0.3) is 0 Å². The van der Waals surface area contributed by atoms with Gasteiger partial charge in [0.15, 0.2) is 11.6 Å². The molecule has 1 amide bonds. The van der Waals surface area contributed by atoms with Crippen molar-refractivity contribution in [2.24, 2.45) is 50.2 Å². The average molecular weight is 573 g/mol. The standard InChI is InChI=1S/C37H52N2O3/c1-32(2)14-16-37(13-11-29(41)39-18-8-9-19-39)17-15-36(7)30(25(37)22-32)26(40)20-28-34(5)21-24(23-38)31(42)33(3,4)27(34)10-12-35(28,36)6/h20-21,25,27,30H,8-19,22H2,1-7H3. The van der Waals surface area contributed by atoms with Gasteiger partial charge in [-0.3, -0.25) is 14.4 Å². The van der Waals surface area contributed by atoms with Gasteiger partial charge >= 0.3 is 0 Å². The molecule has 0 N–H and O–H groups in total. The summed E-state index contributed by atoms with van der Waals surface area (Å²) in [4.78, 5) is 43.3. The van der Waals surface area contributed by atoms with Crippen LogP contribution >= 0.6 is 0 Å². The van der Waals surface area contributed by atoms with E-state index in [0.717, 1.165) is 82.9 Å². The maximum absolute atomic E-state index is 14.7. The number of carbonyl (C=O) groups excluding carboxylic acids is 3. The summed E-state index contributed by atoms with van der Waals surface area (Å²) in [7, 11) is 0. The summed E-state index contributed by atoms with van der Waals surface area (Å²) < 4.78 is 0. The van der Waals surface area contributed by atoms with Gasteiger partial charge in [-0.05, 0) is 104 Å². The molecular weight excluding hydrogens is 520 g/mol. The van der Waals surface area contributed by atoms with Gasteiger partial charge in [-0.2, -0.15) is 5.26 Å². The first-order valence-corrected chi connectivity index (χ1v) is 16.8. The molecule has 1 aliphatic heterocycles. The molecule has 42 heavy (non-hydrogen) atoms. The summed E-state index contributed by atoms with van der Waals surface area (Å²) >= 11 is 0. The first-order valence-electron chi connectivity index (χ1n) is 16.8. The van der Waals surface area contributed by atoms with E-state index in [4.69, 9.17) is 0 Å². The number of Topliss-reactive ketones (excluding diaryl/α,β-unsaturated/α-hetero) is 1. The van der Waals surface area contributed by atoms with Crippen LogP contribution < -0.4 is 0 Å². The highest BCUT2D eigenvalue weighted by atomic mass is 16.2. The van der Waals surface area contributed by atoms with Gasteiger partial charge in [0, 0.05) is 36.3 Å². The minimum Gasteiger partial charge on any atom is -0.343 e. The molecule has 5 heteroatoms. The Morgan fingerprint density at radius 2 is 1.64 bits per heavy atom. The van der Waals surface area contributed by atoms with Crippen LogP contribution in [0.1, 0.15) is 119 Å². The first-order chi connectivity index (χ1) is 19.5. The molecule has 0 spiro atoms. The number of amides is 1. The number of ketones is 2. The zero-order valence-electron chi connectivity index (χ0n) is 27.2. The Morgan fingerprint density at radius 1 is 0.976 bits per heavy atom.